The minimum absolute atomic E-state index is 0.156. The molecular formula is C27H22FN7O. The topological polar surface area (TPSA) is 115 Å². The second-order valence-corrected chi connectivity index (χ2v) is 8.93. The van der Waals surface area contributed by atoms with E-state index in [0.717, 1.165) is 45.1 Å². The molecule has 5 aromatic heterocycles. The van der Waals surface area contributed by atoms with Gasteiger partial charge in [0, 0.05) is 52.7 Å². The molecule has 36 heavy (non-hydrogen) atoms. The van der Waals surface area contributed by atoms with Crippen molar-refractivity contribution in [3.63, 3.8) is 0 Å². The number of rotatable bonds is 5. The van der Waals surface area contributed by atoms with Crippen molar-refractivity contribution in [1.29, 1.82) is 0 Å². The van der Waals surface area contributed by atoms with E-state index in [1.807, 2.05) is 30.3 Å². The van der Waals surface area contributed by atoms with Crippen molar-refractivity contribution in [3.8, 4) is 39.7 Å². The number of anilines is 1. The van der Waals surface area contributed by atoms with Crippen molar-refractivity contribution < 1.29 is 9.50 Å². The zero-order chi connectivity index (χ0) is 24.8. The molecule has 8 nitrogen and oxygen atoms in total. The molecule has 0 radical (unpaired) electrons. The molecule has 0 amide bonds. The van der Waals surface area contributed by atoms with Gasteiger partial charge in [-0.25, -0.2) is 9.37 Å². The molecule has 9 heteroatoms. The van der Waals surface area contributed by atoms with Crippen LogP contribution >= 0.6 is 0 Å². The van der Waals surface area contributed by atoms with Crippen LogP contribution in [0.2, 0.25) is 0 Å². The first-order chi connectivity index (χ1) is 17.4. The van der Waals surface area contributed by atoms with Gasteiger partial charge in [-0.05, 0) is 56.3 Å². The normalized spacial score (nSPS) is 11.6. The van der Waals surface area contributed by atoms with Crippen LogP contribution in [0.4, 0.5) is 10.1 Å². The number of hydrogen-bond acceptors (Lipinski definition) is 6. The Bertz CT molecular complexity index is 1720. The monoisotopic (exact) mass is 479 g/mol. The molecule has 0 fully saturated rings. The summed E-state index contributed by atoms with van der Waals surface area (Å²) in [6, 6.07) is 13.9. The summed E-state index contributed by atoms with van der Waals surface area (Å²) in [6.07, 6.45) is 5.22. The van der Waals surface area contributed by atoms with Crippen LogP contribution in [-0.4, -0.2) is 41.3 Å². The molecule has 0 bridgehead atoms. The Labute approximate surface area is 205 Å². The number of hydrogen-bond donors (Lipinski definition) is 4. The molecule has 0 aliphatic heterocycles. The van der Waals surface area contributed by atoms with Crippen LogP contribution in [0.15, 0.2) is 67.1 Å². The number of benzene rings is 1. The average Bonchev–Trinajstić information content (AvgIpc) is 3.46. The molecule has 1 aromatic carbocycles. The lowest BCUT2D eigenvalue weighted by atomic mass is 10.1. The Morgan fingerprint density at radius 2 is 1.83 bits per heavy atom. The van der Waals surface area contributed by atoms with Crippen molar-refractivity contribution in [1.82, 2.24) is 30.1 Å². The maximum absolute atomic E-state index is 14.0. The summed E-state index contributed by atoms with van der Waals surface area (Å²) in [5.41, 5.74) is 7.34. The first kappa shape index (κ1) is 21.7. The number of aromatic amines is 2. The van der Waals surface area contributed by atoms with Gasteiger partial charge in [0.1, 0.15) is 22.8 Å². The zero-order valence-corrected chi connectivity index (χ0v) is 19.5. The fourth-order valence-electron chi connectivity index (χ4n) is 4.36. The summed E-state index contributed by atoms with van der Waals surface area (Å²) in [7, 11) is 0. The number of pyridine rings is 3. The molecule has 0 atom stereocenters. The van der Waals surface area contributed by atoms with Crippen LogP contribution in [0.25, 0.3) is 55.8 Å². The molecule has 6 aromatic rings. The second-order valence-electron chi connectivity index (χ2n) is 8.93. The summed E-state index contributed by atoms with van der Waals surface area (Å²) in [5.74, 6) is -0.687. The highest BCUT2D eigenvalue weighted by atomic mass is 19.1. The second kappa shape index (κ2) is 8.46. The fourth-order valence-corrected chi connectivity index (χ4v) is 4.36. The number of aromatic nitrogens is 6. The zero-order valence-electron chi connectivity index (χ0n) is 19.5. The summed E-state index contributed by atoms with van der Waals surface area (Å²) < 4.78 is 14.0. The molecule has 178 valence electrons. The van der Waals surface area contributed by atoms with Crippen LogP contribution in [0.5, 0.6) is 5.75 Å². The number of halogens is 1. The molecule has 0 aliphatic rings. The highest BCUT2D eigenvalue weighted by Gasteiger charge is 2.17. The third-order valence-corrected chi connectivity index (χ3v) is 5.86. The lowest BCUT2D eigenvalue weighted by Gasteiger charge is -2.10. The van der Waals surface area contributed by atoms with Gasteiger partial charge in [0.15, 0.2) is 0 Å². The number of fused-ring (bicyclic) bond motifs is 2. The number of H-pyrrole nitrogens is 2. The number of nitrogens with zero attached hydrogens (tertiary/aromatic N) is 4. The molecule has 0 spiro atoms. The minimum atomic E-state index is -0.531. The molecule has 4 N–H and O–H groups in total. The molecule has 0 saturated heterocycles. The Kier molecular flexibility index (Phi) is 5.10. The van der Waals surface area contributed by atoms with E-state index >= 15 is 0 Å². The summed E-state index contributed by atoms with van der Waals surface area (Å²) in [6.45, 7) is 4.15. The van der Waals surface area contributed by atoms with Gasteiger partial charge in [-0.3, -0.25) is 15.1 Å². The van der Waals surface area contributed by atoms with Crippen molar-refractivity contribution in [2.75, 3.05) is 5.32 Å². The maximum atomic E-state index is 14.0. The summed E-state index contributed by atoms with van der Waals surface area (Å²) >= 11 is 0. The van der Waals surface area contributed by atoms with Crippen LogP contribution < -0.4 is 5.32 Å². The quantitative estimate of drug-likeness (QED) is 0.245. The maximum Gasteiger partial charge on any atom is 0.135 e. The van der Waals surface area contributed by atoms with Gasteiger partial charge in [0.05, 0.1) is 28.3 Å². The van der Waals surface area contributed by atoms with Crippen molar-refractivity contribution >= 4 is 27.6 Å². The highest BCUT2D eigenvalue weighted by molar-refractivity contribution is 5.99. The van der Waals surface area contributed by atoms with E-state index in [2.05, 4.69) is 44.3 Å². The van der Waals surface area contributed by atoms with Gasteiger partial charge >= 0.3 is 0 Å². The van der Waals surface area contributed by atoms with E-state index in [0.29, 0.717) is 22.5 Å². The van der Waals surface area contributed by atoms with E-state index in [4.69, 9.17) is 4.98 Å². The molecule has 6 rings (SSSR count). The van der Waals surface area contributed by atoms with Gasteiger partial charge < -0.3 is 15.4 Å². The Balaban J connectivity index is 1.45. The summed E-state index contributed by atoms with van der Waals surface area (Å²) in [5, 5.41) is 21.6. The molecule has 0 saturated carbocycles. The van der Waals surface area contributed by atoms with E-state index in [1.54, 1.807) is 18.6 Å². The van der Waals surface area contributed by atoms with Crippen LogP contribution in [0.1, 0.15) is 13.8 Å². The van der Waals surface area contributed by atoms with E-state index in [-0.39, 0.29) is 11.8 Å². The van der Waals surface area contributed by atoms with E-state index in [1.165, 1.54) is 12.1 Å². The number of nitrogens with one attached hydrogen (secondary N) is 3. The number of phenols is 1. The average molecular weight is 480 g/mol. The van der Waals surface area contributed by atoms with Gasteiger partial charge in [0.2, 0.25) is 0 Å². The van der Waals surface area contributed by atoms with E-state index in [9.17, 15) is 9.50 Å². The minimum Gasteiger partial charge on any atom is -0.508 e. The first-order valence-corrected chi connectivity index (χ1v) is 11.5. The highest BCUT2D eigenvalue weighted by Crippen LogP contribution is 2.34. The SMILES string of the molecule is CC(C)Nc1cncc(-c2ccc3[nH]nc(-c4cc5c(-c6cc(O)cc(F)c6)nccc5[nH]4)c3n2)c1. The largest absolute Gasteiger partial charge is 0.508 e. The van der Waals surface area contributed by atoms with Crippen LogP contribution in [0.3, 0.4) is 0 Å². The van der Waals surface area contributed by atoms with Crippen molar-refractivity contribution in [3.05, 3.63) is 72.9 Å². The predicted molar refractivity (Wildman–Crippen MR) is 138 cm³/mol. The molecule has 0 unspecified atom stereocenters. The Hall–Kier alpha value is -4.79. The van der Waals surface area contributed by atoms with Gasteiger partial charge in [-0.15, -0.1) is 0 Å². The molecular weight excluding hydrogens is 457 g/mol. The Morgan fingerprint density at radius 3 is 2.67 bits per heavy atom. The van der Waals surface area contributed by atoms with Crippen molar-refractivity contribution in [2.24, 2.45) is 0 Å². The Morgan fingerprint density at radius 1 is 0.944 bits per heavy atom. The third kappa shape index (κ3) is 3.90. The number of aromatic hydroxyl groups is 1. The van der Waals surface area contributed by atoms with Crippen molar-refractivity contribution in [2.45, 2.75) is 19.9 Å². The predicted octanol–water partition coefficient (Wildman–Crippen LogP) is 5.90. The first-order valence-electron chi connectivity index (χ1n) is 11.5. The number of phenolic OH excluding ortho intramolecular Hbond substituents is 1. The fraction of sp³-hybridized carbons (Fsp3) is 0.111. The molecule has 0 aliphatic carbocycles. The van der Waals surface area contributed by atoms with Gasteiger partial charge in [-0.2, -0.15) is 5.10 Å². The lowest BCUT2D eigenvalue weighted by Crippen LogP contribution is -2.09. The molecule has 5 heterocycles. The van der Waals surface area contributed by atoms with E-state index < -0.39 is 5.82 Å². The summed E-state index contributed by atoms with van der Waals surface area (Å²) in [4.78, 5) is 17.1. The van der Waals surface area contributed by atoms with Crippen LogP contribution in [-0.2, 0) is 0 Å². The smallest absolute Gasteiger partial charge is 0.135 e. The van der Waals surface area contributed by atoms with Gasteiger partial charge in [-0.1, -0.05) is 0 Å². The third-order valence-electron chi connectivity index (χ3n) is 5.86. The standard InChI is InChI=1S/C27H22FN7O/c1-14(2)31-18-8-16(12-29-13-18)21-3-4-23-26(33-21)27(35-34-23)24-11-20-22(32-24)5-6-30-25(20)15-7-17(28)10-19(36)9-15/h3-14,31-32,36H,1-2H3,(H,34,35). The van der Waals surface area contributed by atoms with Crippen LogP contribution in [0, 0.1) is 5.82 Å². The lowest BCUT2D eigenvalue weighted by molar-refractivity contribution is 0.469. The van der Waals surface area contributed by atoms with Gasteiger partial charge in [0.25, 0.3) is 0 Å².